The van der Waals surface area contributed by atoms with Crippen molar-refractivity contribution in [2.75, 3.05) is 6.61 Å². The van der Waals surface area contributed by atoms with Crippen LogP contribution in [0.5, 0.6) is 11.5 Å². The van der Waals surface area contributed by atoms with Gasteiger partial charge in [0.1, 0.15) is 0 Å². The highest BCUT2D eigenvalue weighted by Gasteiger charge is 2.12. The Hall–Kier alpha value is -1.97. The zero-order chi connectivity index (χ0) is 14.3. The largest absolute Gasteiger partial charge is 0.490 e. The minimum Gasteiger partial charge on any atom is -0.490 e. The molecule has 1 rings (SSSR count). The number of carboxylic acids is 1. The number of carboxylic acid groups (broad SMARTS) is 1. The molecule has 0 aromatic heterocycles. The molecule has 0 amide bonds. The van der Waals surface area contributed by atoms with E-state index in [1.54, 1.807) is 6.07 Å². The molecule has 0 aliphatic rings. The molecule has 19 heavy (non-hydrogen) atoms. The molecule has 1 atom stereocenters. The maximum atomic E-state index is 10.6. The fourth-order valence-corrected chi connectivity index (χ4v) is 1.50. The Morgan fingerprint density at radius 2 is 2.16 bits per heavy atom. The van der Waals surface area contributed by atoms with Crippen LogP contribution in [0.4, 0.5) is 0 Å². The van der Waals surface area contributed by atoms with E-state index in [4.69, 9.17) is 14.6 Å². The van der Waals surface area contributed by atoms with Crippen molar-refractivity contribution in [3.63, 3.8) is 0 Å². The second-order valence-corrected chi connectivity index (χ2v) is 4.12. The van der Waals surface area contributed by atoms with Gasteiger partial charge in [-0.05, 0) is 32.4 Å². The van der Waals surface area contributed by atoms with Gasteiger partial charge in [0.2, 0.25) is 0 Å². The molecule has 1 aromatic carbocycles. The summed E-state index contributed by atoms with van der Waals surface area (Å²) in [6, 6.07) is 5.44. The lowest BCUT2D eigenvalue weighted by Gasteiger charge is -2.18. The first-order valence-corrected chi connectivity index (χ1v) is 6.41. The predicted molar refractivity (Wildman–Crippen MR) is 74.7 cm³/mol. The second kappa shape index (κ2) is 7.46. The van der Waals surface area contributed by atoms with E-state index in [0.29, 0.717) is 23.7 Å². The predicted octanol–water partition coefficient (Wildman–Crippen LogP) is 3.36. The monoisotopic (exact) mass is 264 g/mol. The molecule has 0 aliphatic carbocycles. The summed E-state index contributed by atoms with van der Waals surface area (Å²) in [5.74, 6) is 0.239. The van der Waals surface area contributed by atoms with E-state index in [2.05, 4.69) is 0 Å². The van der Waals surface area contributed by atoms with Crippen molar-refractivity contribution >= 4 is 12.0 Å². The van der Waals surface area contributed by atoms with Gasteiger partial charge in [-0.2, -0.15) is 0 Å². The van der Waals surface area contributed by atoms with Crippen LogP contribution in [0.25, 0.3) is 6.08 Å². The molecule has 1 aromatic rings. The van der Waals surface area contributed by atoms with Gasteiger partial charge in [-0.15, -0.1) is 0 Å². The summed E-state index contributed by atoms with van der Waals surface area (Å²) < 4.78 is 11.4. The Morgan fingerprint density at radius 1 is 1.42 bits per heavy atom. The maximum Gasteiger partial charge on any atom is 0.328 e. The van der Waals surface area contributed by atoms with Crippen molar-refractivity contribution in [2.45, 2.75) is 33.3 Å². The smallest absolute Gasteiger partial charge is 0.328 e. The zero-order valence-electron chi connectivity index (χ0n) is 11.6. The van der Waals surface area contributed by atoms with Gasteiger partial charge in [-0.25, -0.2) is 4.79 Å². The van der Waals surface area contributed by atoms with Gasteiger partial charge in [0, 0.05) is 11.6 Å². The van der Waals surface area contributed by atoms with Crippen molar-refractivity contribution in [2.24, 2.45) is 0 Å². The minimum atomic E-state index is -0.990. The number of carbonyl (C=O) groups is 1. The van der Waals surface area contributed by atoms with Crippen LogP contribution in [0.2, 0.25) is 0 Å². The molecule has 4 nitrogen and oxygen atoms in total. The fourth-order valence-electron chi connectivity index (χ4n) is 1.50. The minimum absolute atomic E-state index is 0.0404. The lowest BCUT2D eigenvalue weighted by atomic mass is 10.1. The Labute approximate surface area is 113 Å². The van der Waals surface area contributed by atoms with Crippen LogP contribution in [-0.2, 0) is 4.79 Å². The van der Waals surface area contributed by atoms with Crippen LogP contribution < -0.4 is 9.47 Å². The zero-order valence-corrected chi connectivity index (χ0v) is 11.6. The third-order valence-corrected chi connectivity index (χ3v) is 2.61. The quantitative estimate of drug-likeness (QED) is 0.767. The first-order chi connectivity index (χ1) is 9.08. The Kier molecular flexibility index (Phi) is 5.93. The summed E-state index contributed by atoms with van der Waals surface area (Å²) in [5, 5.41) is 8.71. The molecule has 0 bridgehead atoms. The van der Waals surface area contributed by atoms with Crippen molar-refractivity contribution < 1.29 is 19.4 Å². The number of hydrogen-bond acceptors (Lipinski definition) is 3. The van der Waals surface area contributed by atoms with E-state index >= 15 is 0 Å². The Morgan fingerprint density at radius 3 is 2.74 bits per heavy atom. The van der Waals surface area contributed by atoms with Gasteiger partial charge in [0.15, 0.2) is 11.5 Å². The average Bonchev–Trinajstić information content (AvgIpc) is 2.39. The number of benzene rings is 1. The number of aliphatic carboxylic acids is 1. The van der Waals surface area contributed by atoms with Crippen LogP contribution in [0.3, 0.4) is 0 Å². The van der Waals surface area contributed by atoms with Gasteiger partial charge in [0.05, 0.1) is 12.7 Å². The fraction of sp³-hybridized carbons (Fsp3) is 0.400. The summed E-state index contributed by atoms with van der Waals surface area (Å²) in [5.41, 5.74) is 0.702. The molecule has 0 aliphatic heterocycles. The van der Waals surface area contributed by atoms with Crippen LogP contribution in [0, 0.1) is 0 Å². The summed E-state index contributed by atoms with van der Waals surface area (Å²) in [7, 11) is 0. The SMILES string of the molecule is CCOc1cccc(/C=C/C(=O)O)c1OC(C)CC. The summed E-state index contributed by atoms with van der Waals surface area (Å²) in [6.07, 6.45) is 3.51. The molecular weight excluding hydrogens is 244 g/mol. The number of para-hydroxylation sites is 1. The van der Waals surface area contributed by atoms with Crippen molar-refractivity contribution in [3.05, 3.63) is 29.8 Å². The summed E-state index contributed by atoms with van der Waals surface area (Å²) in [4.78, 5) is 10.6. The molecule has 0 radical (unpaired) electrons. The highest BCUT2D eigenvalue weighted by atomic mass is 16.5. The highest BCUT2D eigenvalue weighted by molar-refractivity contribution is 5.86. The lowest BCUT2D eigenvalue weighted by Crippen LogP contribution is -2.11. The standard InChI is InChI=1S/C15H20O4/c1-4-11(3)19-15-12(9-10-14(16)17)7-6-8-13(15)18-5-2/h6-11H,4-5H2,1-3H3,(H,16,17)/b10-9+. The topological polar surface area (TPSA) is 55.8 Å². The van der Waals surface area contributed by atoms with Crippen molar-refractivity contribution in [1.82, 2.24) is 0 Å². The van der Waals surface area contributed by atoms with Gasteiger partial charge < -0.3 is 14.6 Å². The van der Waals surface area contributed by atoms with Crippen LogP contribution in [0.15, 0.2) is 24.3 Å². The van der Waals surface area contributed by atoms with Crippen LogP contribution in [0.1, 0.15) is 32.8 Å². The van der Waals surface area contributed by atoms with E-state index in [1.165, 1.54) is 6.08 Å². The van der Waals surface area contributed by atoms with Crippen molar-refractivity contribution in [1.29, 1.82) is 0 Å². The third kappa shape index (κ3) is 4.66. The third-order valence-electron chi connectivity index (χ3n) is 2.61. The number of ether oxygens (including phenoxy) is 2. The van der Waals surface area contributed by atoms with Crippen LogP contribution in [-0.4, -0.2) is 23.8 Å². The summed E-state index contributed by atoms with van der Waals surface area (Å²) in [6.45, 7) is 6.42. The van der Waals surface area contributed by atoms with Crippen molar-refractivity contribution in [3.8, 4) is 11.5 Å². The molecule has 0 spiro atoms. The van der Waals surface area contributed by atoms with Crippen LogP contribution >= 0.6 is 0 Å². The summed E-state index contributed by atoms with van der Waals surface area (Å²) >= 11 is 0. The Bertz CT molecular complexity index is 451. The molecule has 0 saturated carbocycles. The molecule has 1 unspecified atom stereocenters. The highest BCUT2D eigenvalue weighted by Crippen LogP contribution is 2.33. The molecule has 0 saturated heterocycles. The van der Waals surface area contributed by atoms with E-state index < -0.39 is 5.97 Å². The average molecular weight is 264 g/mol. The van der Waals surface area contributed by atoms with E-state index in [1.807, 2.05) is 32.9 Å². The lowest BCUT2D eigenvalue weighted by molar-refractivity contribution is -0.131. The van der Waals surface area contributed by atoms with E-state index in [0.717, 1.165) is 12.5 Å². The molecule has 104 valence electrons. The van der Waals surface area contributed by atoms with Gasteiger partial charge in [-0.1, -0.05) is 19.1 Å². The number of rotatable bonds is 7. The normalized spacial score (nSPS) is 12.4. The molecule has 1 N–H and O–H groups in total. The molecule has 4 heteroatoms. The van der Waals surface area contributed by atoms with Gasteiger partial charge in [-0.3, -0.25) is 0 Å². The Balaban J connectivity index is 3.13. The van der Waals surface area contributed by atoms with Gasteiger partial charge in [0.25, 0.3) is 0 Å². The number of hydrogen-bond donors (Lipinski definition) is 1. The van der Waals surface area contributed by atoms with E-state index in [-0.39, 0.29) is 6.10 Å². The van der Waals surface area contributed by atoms with Gasteiger partial charge >= 0.3 is 5.97 Å². The first kappa shape index (κ1) is 15.1. The van der Waals surface area contributed by atoms with E-state index in [9.17, 15) is 4.79 Å². The first-order valence-electron chi connectivity index (χ1n) is 6.41. The molecular formula is C15H20O4. The molecule has 0 heterocycles. The molecule has 0 fully saturated rings. The maximum absolute atomic E-state index is 10.6. The second-order valence-electron chi connectivity index (χ2n) is 4.12.